The number of halogens is 2. The Labute approximate surface area is 179 Å². The van der Waals surface area contributed by atoms with Crippen molar-refractivity contribution in [3.8, 4) is 0 Å². The highest BCUT2D eigenvalue weighted by Crippen LogP contribution is 2.26. The summed E-state index contributed by atoms with van der Waals surface area (Å²) in [6, 6.07) is 4.56. The topological polar surface area (TPSA) is 86.8 Å². The summed E-state index contributed by atoms with van der Waals surface area (Å²) in [6.07, 6.45) is 1.17. The zero-order chi connectivity index (χ0) is 21.3. The molecule has 2 aliphatic rings. The number of hydrogen-bond acceptors (Lipinski definition) is 4. The first-order valence-electron chi connectivity index (χ1n) is 9.57. The number of carbonyl (C=O) groups is 4. The molecule has 1 N–H and O–H groups in total. The molecule has 4 amide bonds. The van der Waals surface area contributed by atoms with Gasteiger partial charge in [0.2, 0.25) is 0 Å². The number of nitrogens with one attached hydrogen (secondary N) is 1. The lowest BCUT2D eigenvalue weighted by molar-refractivity contribution is -0.120. The van der Waals surface area contributed by atoms with Gasteiger partial charge in [-0.2, -0.15) is 0 Å². The van der Waals surface area contributed by atoms with Crippen molar-refractivity contribution in [2.45, 2.75) is 37.6 Å². The number of hydrogen-bond donors (Lipinski definition) is 1. The van der Waals surface area contributed by atoms with Gasteiger partial charge >= 0.3 is 0 Å². The van der Waals surface area contributed by atoms with Gasteiger partial charge in [-0.05, 0) is 37.0 Å². The summed E-state index contributed by atoms with van der Waals surface area (Å²) in [5.74, 6) is -1.15. The standard InChI is InChI=1S/C20H23Cl2N3O4/c1-11(2)10-25-19(28)14-4-3-12(9-15(14)20(25)29)18(27)24-7-5-13(6-8-24)23-17(26)16(21)22/h3-4,9,11,13,16H,5-8,10H2,1-2H3,(H,23,26). The molecule has 156 valence electrons. The van der Waals surface area contributed by atoms with Crippen molar-refractivity contribution in [1.82, 2.24) is 15.1 Å². The maximum Gasteiger partial charge on any atom is 0.261 e. The number of benzene rings is 1. The van der Waals surface area contributed by atoms with E-state index in [4.69, 9.17) is 23.2 Å². The molecule has 0 saturated carbocycles. The van der Waals surface area contributed by atoms with E-state index < -0.39 is 10.7 Å². The molecule has 7 nitrogen and oxygen atoms in total. The molecule has 3 rings (SSSR count). The van der Waals surface area contributed by atoms with Crippen LogP contribution in [0.4, 0.5) is 0 Å². The van der Waals surface area contributed by atoms with E-state index in [1.54, 1.807) is 17.0 Å². The van der Waals surface area contributed by atoms with Crippen LogP contribution in [0.5, 0.6) is 0 Å². The maximum atomic E-state index is 12.9. The summed E-state index contributed by atoms with van der Waals surface area (Å²) in [4.78, 5) is 51.3. The molecular formula is C20H23Cl2N3O4. The molecular weight excluding hydrogens is 417 g/mol. The third-order valence-corrected chi connectivity index (χ3v) is 5.49. The molecule has 0 unspecified atom stereocenters. The number of nitrogens with zero attached hydrogens (tertiary/aromatic N) is 2. The molecule has 0 radical (unpaired) electrons. The normalized spacial score (nSPS) is 17.3. The van der Waals surface area contributed by atoms with Crippen molar-refractivity contribution in [3.63, 3.8) is 0 Å². The molecule has 2 heterocycles. The molecule has 0 atom stereocenters. The van der Waals surface area contributed by atoms with Crippen molar-refractivity contribution in [2.24, 2.45) is 5.92 Å². The van der Waals surface area contributed by atoms with Crippen LogP contribution in [0.25, 0.3) is 0 Å². The van der Waals surface area contributed by atoms with E-state index >= 15 is 0 Å². The summed E-state index contributed by atoms with van der Waals surface area (Å²) in [7, 11) is 0. The number of fused-ring (bicyclic) bond motifs is 1. The number of imide groups is 1. The Hall–Kier alpha value is -2.12. The largest absolute Gasteiger partial charge is 0.351 e. The molecule has 1 saturated heterocycles. The van der Waals surface area contributed by atoms with E-state index in [1.807, 2.05) is 13.8 Å². The Morgan fingerprint density at radius 1 is 1.10 bits per heavy atom. The molecule has 0 aromatic heterocycles. The van der Waals surface area contributed by atoms with Gasteiger partial charge in [-0.15, -0.1) is 0 Å². The van der Waals surface area contributed by atoms with E-state index in [1.165, 1.54) is 11.0 Å². The van der Waals surface area contributed by atoms with Crippen molar-refractivity contribution in [1.29, 1.82) is 0 Å². The minimum absolute atomic E-state index is 0.0876. The monoisotopic (exact) mass is 439 g/mol. The minimum atomic E-state index is -1.11. The fraction of sp³-hybridized carbons (Fsp3) is 0.500. The third-order valence-electron chi connectivity index (χ3n) is 5.09. The lowest BCUT2D eigenvalue weighted by Gasteiger charge is -2.32. The number of alkyl halides is 2. The van der Waals surface area contributed by atoms with Crippen LogP contribution in [0.15, 0.2) is 18.2 Å². The second-order valence-corrected chi connectivity index (χ2v) is 8.85. The molecule has 1 fully saturated rings. The van der Waals surface area contributed by atoms with Gasteiger partial charge < -0.3 is 10.2 Å². The number of piperidine rings is 1. The van der Waals surface area contributed by atoms with Crippen LogP contribution in [-0.4, -0.2) is 63.9 Å². The van der Waals surface area contributed by atoms with E-state index in [0.29, 0.717) is 43.6 Å². The highest BCUT2D eigenvalue weighted by atomic mass is 35.5. The van der Waals surface area contributed by atoms with Crippen molar-refractivity contribution < 1.29 is 19.2 Å². The van der Waals surface area contributed by atoms with Gasteiger partial charge in [0.1, 0.15) is 0 Å². The SMILES string of the molecule is CC(C)CN1C(=O)c2ccc(C(=O)N3CCC(NC(=O)C(Cl)Cl)CC3)cc2C1=O. The van der Waals surface area contributed by atoms with Gasteiger partial charge in [-0.25, -0.2) is 0 Å². The Morgan fingerprint density at radius 3 is 2.31 bits per heavy atom. The predicted octanol–water partition coefficient (Wildman–Crippen LogP) is 2.46. The first-order valence-corrected chi connectivity index (χ1v) is 10.4. The molecule has 9 heteroatoms. The van der Waals surface area contributed by atoms with E-state index in [-0.39, 0.29) is 35.2 Å². The lowest BCUT2D eigenvalue weighted by Crippen LogP contribution is -2.47. The Bertz CT molecular complexity index is 848. The van der Waals surface area contributed by atoms with Crippen LogP contribution >= 0.6 is 23.2 Å². The zero-order valence-corrected chi connectivity index (χ0v) is 17.8. The average Bonchev–Trinajstić information content (AvgIpc) is 2.92. The van der Waals surface area contributed by atoms with Crippen LogP contribution in [0, 0.1) is 5.92 Å². The van der Waals surface area contributed by atoms with Gasteiger partial charge in [0.15, 0.2) is 4.84 Å². The van der Waals surface area contributed by atoms with E-state index in [9.17, 15) is 19.2 Å². The minimum Gasteiger partial charge on any atom is -0.351 e. The highest BCUT2D eigenvalue weighted by molar-refractivity contribution is 6.53. The molecule has 0 aliphatic carbocycles. The third kappa shape index (κ3) is 4.56. The maximum absolute atomic E-state index is 12.9. The number of carbonyl (C=O) groups excluding carboxylic acids is 4. The molecule has 0 spiro atoms. The summed E-state index contributed by atoms with van der Waals surface area (Å²) in [5, 5.41) is 2.75. The van der Waals surface area contributed by atoms with Gasteiger partial charge in [-0.1, -0.05) is 37.0 Å². The smallest absolute Gasteiger partial charge is 0.261 e. The fourth-order valence-corrected chi connectivity index (χ4v) is 3.75. The van der Waals surface area contributed by atoms with Gasteiger partial charge in [0.05, 0.1) is 11.1 Å². The van der Waals surface area contributed by atoms with E-state index in [0.717, 1.165) is 0 Å². The second-order valence-electron chi connectivity index (χ2n) is 7.75. The average molecular weight is 440 g/mol. The van der Waals surface area contributed by atoms with E-state index in [2.05, 4.69) is 5.32 Å². The summed E-state index contributed by atoms with van der Waals surface area (Å²) < 4.78 is 0. The van der Waals surface area contributed by atoms with Crippen LogP contribution in [0.2, 0.25) is 0 Å². The molecule has 29 heavy (non-hydrogen) atoms. The quantitative estimate of drug-likeness (QED) is 0.563. The fourth-order valence-electron chi connectivity index (χ4n) is 3.63. The van der Waals surface area contributed by atoms with Gasteiger partial charge in [0.25, 0.3) is 23.6 Å². The van der Waals surface area contributed by atoms with Crippen molar-refractivity contribution in [3.05, 3.63) is 34.9 Å². The zero-order valence-electron chi connectivity index (χ0n) is 16.3. The molecule has 1 aromatic rings. The molecule has 1 aromatic carbocycles. The number of rotatable bonds is 5. The van der Waals surface area contributed by atoms with Crippen molar-refractivity contribution in [2.75, 3.05) is 19.6 Å². The molecule has 0 bridgehead atoms. The highest BCUT2D eigenvalue weighted by Gasteiger charge is 2.36. The van der Waals surface area contributed by atoms with Crippen molar-refractivity contribution >= 4 is 46.8 Å². The lowest BCUT2D eigenvalue weighted by atomic mass is 10.0. The first-order chi connectivity index (χ1) is 13.7. The van der Waals surface area contributed by atoms with Crippen LogP contribution in [0.3, 0.4) is 0 Å². The molecule has 2 aliphatic heterocycles. The summed E-state index contributed by atoms with van der Waals surface area (Å²) in [6.45, 7) is 5.14. The van der Waals surface area contributed by atoms with Gasteiger partial charge in [0, 0.05) is 31.2 Å². The summed E-state index contributed by atoms with van der Waals surface area (Å²) in [5.41, 5.74) is 0.990. The van der Waals surface area contributed by atoms with Crippen LogP contribution in [0.1, 0.15) is 57.8 Å². The number of likely N-dealkylation sites (tertiary alicyclic amines) is 1. The Kier molecular flexibility index (Phi) is 6.49. The number of amides is 4. The Balaban J connectivity index is 1.67. The van der Waals surface area contributed by atoms with Gasteiger partial charge in [-0.3, -0.25) is 24.1 Å². The predicted molar refractivity (Wildman–Crippen MR) is 109 cm³/mol. The van der Waals surface area contributed by atoms with Crippen LogP contribution in [-0.2, 0) is 4.79 Å². The van der Waals surface area contributed by atoms with Crippen LogP contribution < -0.4 is 5.32 Å². The summed E-state index contributed by atoms with van der Waals surface area (Å²) >= 11 is 11.1. The first kappa shape index (κ1) is 21.6. The second kappa shape index (κ2) is 8.71. The Morgan fingerprint density at radius 2 is 1.72 bits per heavy atom.